The molecular weight excluding hydrogens is 386 g/mol. The number of amides is 1. The summed E-state index contributed by atoms with van der Waals surface area (Å²) in [7, 11) is 1.51. The molecule has 0 unspecified atom stereocenters. The van der Waals surface area contributed by atoms with Gasteiger partial charge in [0.2, 0.25) is 0 Å². The summed E-state index contributed by atoms with van der Waals surface area (Å²) in [4.78, 5) is 25.5. The molecule has 1 aromatic heterocycles. The van der Waals surface area contributed by atoms with Crippen LogP contribution >= 0.6 is 22.9 Å². The number of methoxy groups -OCH3 is 1. The van der Waals surface area contributed by atoms with Gasteiger partial charge in [-0.05, 0) is 42.0 Å². The highest BCUT2D eigenvalue weighted by atomic mass is 35.5. The van der Waals surface area contributed by atoms with E-state index in [1.54, 1.807) is 42.5 Å². The van der Waals surface area contributed by atoms with E-state index in [0.717, 1.165) is 10.4 Å². The van der Waals surface area contributed by atoms with Gasteiger partial charge in [-0.2, -0.15) is 0 Å². The maximum atomic E-state index is 12.2. The first kappa shape index (κ1) is 18.9. The minimum absolute atomic E-state index is 0.384. The molecule has 7 heteroatoms. The second kappa shape index (κ2) is 8.70. The predicted octanol–water partition coefficient (Wildman–Crippen LogP) is 4.87. The first-order chi connectivity index (χ1) is 13.1. The molecule has 0 fully saturated rings. The van der Waals surface area contributed by atoms with E-state index >= 15 is 0 Å². The number of para-hydroxylation sites is 2. The lowest BCUT2D eigenvalue weighted by Gasteiger charge is -2.09. The molecule has 0 saturated heterocycles. The van der Waals surface area contributed by atoms with E-state index in [1.807, 2.05) is 18.2 Å². The minimum Gasteiger partial charge on any atom is -0.495 e. The van der Waals surface area contributed by atoms with Crippen molar-refractivity contribution in [2.45, 2.75) is 0 Å². The molecule has 5 nitrogen and oxygen atoms in total. The second-order valence-corrected chi connectivity index (χ2v) is 7.02. The van der Waals surface area contributed by atoms with Gasteiger partial charge in [0.15, 0.2) is 6.61 Å². The van der Waals surface area contributed by atoms with Crippen LogP contribution in [-0.4, -0.2) is 25.6 Å². The van der Waals surface area contributed by atoms with E-state index in [2.05, 4.69) is 5.32 Å². The van der Waals surface area contributed by atoms with E-state index in [0.29, 0.717) is 21.3 Å². The molecule has 0 atom stereocenters. The maximum absolute atomic E-state index is 12.2. The average Bonchev–Trinajstić information content (AvgIpc) is 3.17. The Morgan fingerprint density at radius 3 is 2.52 bits per heavy atom. The van der Waals surface area contributed by atoms with Crippen molar-refractivity contribution >= 4 is 40.5 Å². The van der Waals surface area contributed by atoms with Crippen LogP contribution in [0.2, 0.25) is 5.02 Å². The minimum atomic E-state index is -0.546. The Morgan fingerprint density at radius 2 is 1.78 bits per heavy atom. The van der Waals surface area contributed by atoms with Crippen molar-refractivity contribution in [3.05, 3.63) is 70.6 Å². The fourth-order valence-electron chi connectivity index (χ4n) is 2.35. The van der Waals surface area contributed by atoms with Gasteiger partial charge in [-0.25, -0.2) is 4.79 Å². The Labute approximate surface area is 165 Å². The lowest BCUT2D eigenvalue weighted by atomic mass is 10.2. The second-order valence-electron chi connectivity index (χ2n) is 5.50. The number of carbonyl (C=O) groups excluding carboxylic acids is 2. The first-order valence-electron chi connectivity index (χ1n) is 8.02. The topological polar surface area (TPSA) is 64.6 Å². The van der Waals surface area contributed by atoms with Crippen LogP contribution in [0, 0.1) is 0 Å². The molecule has 1 amide bonds. The summed E-state index contributed by atoms with van der Waals surface area (Å²) >= 11 is 7.18. The molecule has 27 heavy (non-hydrogen) atoms. The van der Waals surface area contributed by atoms with Gasteiger partial charge in [-0.3, -0.25) is 4.79 Å². The van der Waals surface area contributed by atoms with Crippen LogP contribution in [0.3, 0.4) is 0 Å². The van der Waals surface area contributed by atoms with Gasteiger partial charge in [0.1, 0.15) is 10.6 Å². The molecule has 0 aliphatic rings. The van der Waals surface area contributed by atoms with Gasteiger partial charge in [-0.15, -0.1) is 11.3 Å². The zero-order valence-corrected chi connectivity index (χ0v) is 16.0. The van der Waals surface area contributed by atoms with Crippen LogP contribution in [0.25, 0.3) is 10.4 Å². The zero-order chi connectivity index (χ0) is 19.2. The maximum Gasteiger partial charge on any atom is 0.348 e. The van der Waals surface area contributed by atoms with Gasteiger partial charge >= 0.3 is 5.97 Å². The molecule has 0 radical (unpaired) electrons. The number of thiophene rings is 1. The fourth-order valence-corrected chi connectivity index (χ4v) is 3.38. The van der Waals surface area contributed by atoms with Crippen molar-refractivity contribution in [3.63, 3.8) is 0 Å². The van der Waals surface area contributed by atoms with E-state index in [9.17, 15) is 9.59 Å². The van der Waals surface area contributed by atoms with Crippen LogP contribution < -0.4 is 10.1 Å². The molecule has 2 aromatic carbocycles. The molecule has 1 heterocycles. The molecule has 0 bridgehead atoms. The molecule has 3 rings (SSSR count). The third kappa shape index (κ3) is 4.87. The van der Waals surface area contributed by atoms with Gasteiger partial charge < -0.3 is 14.8 Å². The SMILES string of the molecule is COc1ccccc1NC(=O)COC(=O)c1ccc(-c2ccc(Cl)cc2)s1. The third-order valence-corrected chi connectivity index (χ3v) is 5.02. The van der Waals surface area contributed by atoms with Crippen LogP contribution in [-0.2, 0) is 9.53 Å². The molecule has 0 aliphatic carbocycles. The number of rotatable bonds is 6. The fraction of sp³-hybridized carbons (Fsp3) is 0.100. The van der Waals surface area contributed by atoms with Crippen molar-refractivity contribution in [2.75, 3.05) is 19.0 Å². The molecule has 138 valence electrons. The summed E-state index contributed by atoms with van der Waals surface area (Å²) in [5.74, 6) is -0.458. The number of carbonyl (C=O) groups is 2. The number of esters is 1. The highest BCUT2D eigenvalue weighted by Gasteiger charge is 2.14. The molecule has 0 aliphatic heterocycles. The van der Waals surface area contributed by atoms with Crippen molar-refractivity contribution in [3.8, 4) is 16.2 Å². The zero-order valence-electron chi connectivity index (χ0n) is 14.4. The Hall–Kier alpha value is -2.83. The van der Waals surface area contributed by atoms with Gasteiger partial charge in [-0.1, -0.05) is 35.9 Å². The summed E-state index contributed by atoms with van der Waals surface area (Å²) in [6.45, 7) is -0.384. The Kier molecular flexibility index (Phi) is 6.11. The number of anilines is 1. The summed E-state index contributed by atoms with van der Waals surface area (Å²) in [6, 6.07) is 17.8. The lowest BCUT2D eigenvalue weighted by molar-refractivity contribution is -0.119. The van der Waals surface area contributed by atoms with E-state index < -0.39 is 11.9 Å². The highest BCUT2D eigenvalue weighted by molar-refractivity contribution is 7.17. The number of ether oxygens (including phenoxy) is 2. The first-order valence-corrected chi connectivity index (χ1v) is 9.22. The van der Waals surface area contributed by atoms with Gasteiger partial charge in [0.05, 0.1) is 12.8 Å². The number of halogens is 1. The van der Waals surface area contributed by atoms with Crippen LogP contribution in [0.4, 0.5) is 5.69 Å². The number of nitrogens with one attached hydrogen (secondary N) is 1. The van der Waals surface area contributed by atoms with Gasteiger partial charge in [0, 0.05) is 9.90 Å². The van der Waals surface area contributed by atoms with Crippen molar-refractivity contribution < 1.29 is 19.1 Å². The molecule has 0 saturated carbocycles. The van der Waals surface area contributed by atoms with E-state index in [1.165, 1.54) is 18.4 Å². The predicted molar refractivity (Wildman–Crippen MR) is 107 cm³/mol. The number of hydrogen-bond acceptors (Lipinski definition) is 5. The van der Waals surface area contributed by atoms with Crippen LogP contribution in [0.5, 0.6) is 5.75 Å². The smallest absolute Gasteiger partial charge is 0.348 e. The summed E-state index contributed by atoms with van der Waals surface area (Å²) in [5.41, 5.74) is 1.47. The Morgan fingerprint density at radius 1 is 1.04 bits per heavy atom. The normalized spacial score (nSPS) is 10.3. The monoisotopic (exact) mass is 401 g/mol. The number of hydrogen-bond donors (Lipinski definition) is 1. The van der Waals surface area contributed by atoms with Gasteiger partial charge in [0.25, 0.3) is 5.91 Å². The van der Waals surface area contributed by atoms with Crippen molar-refractivity contribution in [1.82, 2.24) is 0 Å². The number of benzene rings is 2. The van der Waals surface area contributed by atoms with E-state index in [4.69, 9.17) is 21.1 Å². The molecular formula is C20H16ClNO4S. The molecule has 1 N–H and O–H groups in total. The standard InChI is InChI=1S/C20H16ClNO4S/c1-25-16-5-3-2-4-15(16)22-19(23)12-26-20(24)18-11-10-17(27-18)13-6-8-14(21)9-7-13/h2-11H,12H2,1H3,(H,22,23). The highest BCUT2D eigenvalue weighted by Crippen LogP contribution is 2.29. The third-order valence-electron chi connectivity index (χ3n) is 3.65. The summed E-state index contributed by atoms with van der Waals surface area (Å²) in [6.07, 6.45) is 0. The average molecular weight is 402 g/mol. The van der Waals surface area contributed by atoms with Crippen molar-refractivity contribution in [2.24, 2.45) is 0 Å². The quantitative estimate of drug-likeness (QED) is 0.598. The van der Waals surface area contributed by atoms with Crippen molar-refractivity contribution in [1.29, 1.82) is 0 Å². The molecule has 0 spiro atoms. The lowest BCUT2D eigenvalue weighted by Crippen LogP contribution is -2.20. The Bertz CT molecular complexity index is 953. The summed E-state index contributed by atoms with van der Waals surface area (Å²) < 4.78 is 10.3. The Balaban J connectivity index is 1.58. The van der Waals surface area contributed by atoms with Crippen LogP contribution in [0.1, 0.15) is 9.67 Å². The van der Waals surface area contributed by atoms with E-state index in [-0.39, 0.29) is 6.61 Å². The summed E-state index contributed by atoms with van der Waals surface area (Å²) in [5, 5.41) is 3.30. The molecule has 3 aromatic rings. The largest absolute Gasteiger partial charge is 0.495 e. The van der Waals surface area contributed by atoms with Crippen LogP contribution in [0.15, 0.2) is 60.7 Å².